The number of hydrogen-bond donors (Lipinski definition) is 2. The van der Waals surface area contributed by atoms with Crippen LogP contribution >= 0.6 is 0 Å². The average molecular weight is 427 g/mol. The molecule has 0 saturated carbocycles. The summed E-state index contributed by atoms with van der Waals surface area (Å²) in [6.45, 7) is 12.6. The highest BCUT2D eigenvalue weighted by atomic mass is 16.6. The van der Waals surface area contributed by atoms with Gasteiger partial charge in [0.25, 0.3) is 5.91 Å². The fraction of sp³-hybridized carbons (Fsp3) is 0.375. The van der Waals surface area contributed by atoms with Gasteiger partial charge < -0.3 is 14.8 Å². The summed E-state index contributed by atoms with van der Waals surface area (Å²) in [4.78, 5) is 37.0. The number of rotatable bonds is 5. The second-order valence-electron chi connectivity index (χ2n) is 8.52. The highest BCUT2D eigenvalue weighted by Gasteiger charge is 2.21. The van der Waals surface area contributed by atoms with Crippen molar-refractivity contribution < 1.29 is 23.9 Å². The molecule has 0 bridgehead atoms. The van der Waals surface area contributed by atoms with Gasteiger partial charge in [-0.3, -0.25) is 10.1 Å². The molecule has 31 heavy (non-hydrogen) atoms. The van der Waals surface area contributed by atoms with E-state index in [9.17, 15) is 14.4 Å². The summed E-state index contributed by atoms with van der Waals surface area (Å²) in [5, 5.41) is 5.40. The minimum atomic E-state index is -1.00. The summed E-state index contributed by atoms with van der Waals surface area (Å²) >= 11 is 0. The summed E-state index contributed by atoms with van der Waals surface area (Å²) < 4.78 is 10.5. The highest BCUT2D eigenvalue weighted by Crippen LogP contribution is 2.22. The minimum absolute atomic E-state index is 0.205. The van der Waals surface area contributed by atoms with Crippen LogP contribution in [-0.4, -0.2) is 29.7 Å². The molecule has 2 N–H and O–H groups in total. The molecule has 0 aliphatic rings. The molecule has 0 fully saturated rings. The predicted octanol–water partition coefficient (Wildman–Crippen LogP) is 5.14. The summed E-state index contributed by atoms with van der Waals surface area (Å²) in [6.07, 6.45) is -1.63. The van der Waals surface area contributed by atoms with Crippen molar-refractivity contribution in [2.24, 2.45) is 0 Å². The standard InChI is InChI=1S/C24H30N2O5/c1-14-11-15(2)20(16(3)12-14)26-21(27)17(4)30-22(28)18-9-8-10-19(13-18)25-23(29)31-24(5,6)7/h8-13,17H,1-7H3,(H,25,29)(H,26,27)/t17-/m0/s1. The number of anilines is 2. The Morgan fingerprint density at radius 2 is 1.55 bits per heavy atom. The van der Waals surface area contributed by atoms with Crippen molar-refractivity contribution in [3.8, 4) is 0 Å². The van der Waals surface area contributed by atoms with Crippen LogP contribution in [0.25, 0.3) is 0 Å². The van der Waals surface area contributed by atoms with Gasteiger partial charge in [0.2, 0.25) is 0 Å². The lowest BCUT2D eigenvalue weighted by atomic mass is 10.0. The molecule has 7 heteroatoms. The van der Waals surface area contributed by atoms with Crippen molar-refractivity contribution in [2.45, 2.75) is 60.2 Å². The Bertz CT molecular complexity index is 969. The Morgan fingerprint density at radius 3 is 2.13 bits per heavy atom. The van der Waals surface area contributed by atoms with Crippen LogP contribution in [0.5, 0.6) is 0 Å². The molecule has 0 heterocycles. The second-order valence-corrected chi connectivity index (χ2v) is 8.52. The van der Waals surface area contributed by atoms with E-state index in [1.165, 1.54) is 13.0 Å². The van der Waals surface area contributed by atoms with Gasteiger partial charge in [-0.05, 0) is 77.8 Å². The number of benzene rings is 2. The maximum absolute atomic E-state index is 12.6. The maximum atomic E-state index is 12.6. The molecule has 0 radical (unpaired) electrons. The summed E-state index contributed by atoms with van der Waals surface area (Å²) in [5.74, 6) is -1.10. The van der Waals surface area contributed by atoms with Crippen molar-refractivity contribution in [2.75, 3.05) is 10.6 Å². The Balaban J connectivity index is 2.03. The van der Waals surface area contributed by atoms with Crippen LogP contribution < -0.4 is 10.6 Å². The molecule has 0 saturated heterocycles. The van der Waals surface area contributed by atoms with Crippen LogP contribution in [-0.2, 0) is 14.3 Å². The second kappa shape index (κ2) is 9.64. The minimum Gasteiger partial charge on any atom is -0.449 e. The van der Waals surface area contributed by atoms with Crippen molar-refractivity contribution >= 4 is 29.3 Å². The Hall–Kier alpha value is -3.35. The van der Waals surface area contributed by atoms with Crippen molar-refractivity contribution in [3.63, 3.8) is 0 Å². The van der Waals surface area contributed by atoms with Gasteiger partial charge in [-0.2, -0.15) is 0 Å². The lowest BCUT2D eigenvalue weighted by molar-refractivity contribution is -0.123. The molecule has 1 atom stereocenters. The summed E-state index contributed by atoms with van der Waals surface area (Å²) in [7, 11) is 0. The van der Waals surface area contributed by atoms with E-state index in [-0.39, 0.29) is 5.56 Å². The molecular formula is C24H30N2O5. The molecule has 0 aliphatic carbocycles. The zero-order valence-corrected chi connectivity index (χ0v) is 19.1. The fourth-order valence-corrected chi connectivity index (χ4v) is 3.03. The number of carbonyl (C=O) groups is 3. The first-order valence-electron chi connectivity index (χ1n) is 10.1. The zero-order chi connectivity index (χ0) is 23.3. The number of carbonyl (C=O) groups excluding carboxylic acids is 3. The largest absolute Gasteiger partial charge is 0.449 e. The van der Waals surface area contributed by atoms with Gasteiger partial charge in [0, 0.05) is 11.4 Å². The van der Waals surface area contributed by atoms with E-state index in [1.807, 2.05) is 32.9 Å². The monoisotopic (exact) mass is 426 g/mol. The molecule has 2 aromatic carbocycles. The maximum Gasteiger partial charge on any atom is 0.412 e. The average Bonchev–Trinajstić information content (AvgIpc) is 2.62. The summed E-state index contributed by atoms with van der Waals surface area (Å²) in [5.41, 5.74) is 3.63. The van der Waals surface area contributed by atoms with Gasteiger partial charge in [0.1, 0.15) is 5.60 Å². The van der Waals surface area contributed by atoms with Crippen LogP contribution in [0.15, 0.2) is 36.4 Å². The summed E-state index contributed by atoms with van der Waals surface area (Å²) in [6, 6.07) is 10.2. The third kappa shape index (κ3) is 7.13. The van der Waals surface area contributed by atoms with E-state index in [2.05, 4.69) is 10.6 Å². The first-order valence-corrected chi connectivity index (χ1v) is 10.1. The van der Waals surface area contributed by atoms with Crippen molar-refractivity contribution in [1.82, 2.24) is 0 Å². The third-order valence-corrected chi connectivity index (χ3v) is 4.32. The smallest absolute Gasteiger partial charge is 0.412 e. The van der Waals surface area contributed by atoms with E-state index >= 15 is 0 Å². The normalized spacial score (nSPS) is 12.0. The van der Waals surface area contributed by atoms with Crippen molar-refractivity contribution in [1.29, 1.82) is 0 Å². The molecule has 0 unspecified atom stereocenters. The van der Waals surface area contributed by atoms with E-state index in [0.717, 1.165) is 16.7 Å². The molecule has 0 aliphatic heterocycles. The predicted molar refractivity (Wildman–Crippen MR) is 120 cm³/mol. The lowest BCUT2D eigenvalue weighted by Gasteiger charge is -2.20. The van der Waals surface area contributed by atoms with Crippen LogP contribution in [0.2, 0.25) is 0 Å². The number of esters is 1. The number of ether oxygens (including phenoxy) is 2. The lowest BCUT2D eigenvalue weighted by Crippen LogP contribution is -2.30. The van der Waals surface area contributed by atoms with E-state index < -0.39 is 29.7 Å². The Morgan fingerprint density at radius 1 is 0.935 bits per heavy atom. The van der Waals surface area contributed by atoms with E-state index in [0.29, 0.717) is 11.4 Å². The van der Waals surface area contributed by atoms with Gasteiger partial charge >= 0.3 is 12.1 Å². The van der Waals surface area contributed by atoms with Crippen LogP contribution in [0, 0.1) is 20.8 Å². The quantitative estimate of drug-likeness (QED) is 0.646. The fourth-order valence-electron chi connectivity index (χ4n) is 3.03. The highest BCUT2D eigenvalue weighted by molar-refractivity contribution is 5.98. The molecule has 0 spiro atoms. The molecule has 7 nitrogen and oxygen atoms in total. The van der Waals surface area contributed by atoms with Crippen molar-refractivity contribution in [3.05, 3.63) is 58.7 Å². The van der Waals surface area contributed by atoms with Crippen LogP contribution in [0.1, 0.15) is 54.7 Å². The first-order chi connectivity index (χ1) is 14.4. The molecular weight excluding hydrogens is 396 g/mol. The van der Waals surface area contributed by atoms with Gasteiger partial charge in [0.05, 0.1) is 5.56 Å². The van der Waals surface area contributed by atoms with Gasteiger partial charge in [-0.25, -0.2) is 9.59 Å². The molecule has 166 valence electrons. The first kappa shape index (κ1) is 23.9. The Kier molecular flexibility index (Phi) is 7.44. The molecule has 2 aromatic rings. The third-order valence-electron chi connectivity index (χ3n) is 4.32. The number of aryl methyl sites for hydroxylation is 3. The Labute approximate surface area is 183 Å². The van der Waals surface area contributed by atoms with Gasteiger partial charge in [-0.15, -0.1) is 0 Å². The van der Waals surface area contributed by atoms with E-state index in [1.54, 1.807) is 39.0 Å². The zero-order valence-electron chi connectivity index (χ0n) is 19.1. The molecule has 0 aromatic heterocycles. The van der Waals surface area contributed by atoms with Crippen LogP contribution in [0.3, 0.4) is 0 Å². The molecule has 2 rings (SSSR count). The number of nitrogens with one attached hydrogen (secondary N) is 2. The van der Waals surface area contributed by atoms with E-state index in [4.69, 9.17) is 9.47 Å². The topological polar surface area (TPSA) is 93.7 Å². The van der Waals surface area contributed by atoms with Crippen LogP contribution in [0.4, 0.5) is 16.2 Å². The number of hydrogen-bond acceptors (Lipinski definition) is 5. The molecule has 2 amide bonds. The van der Waals surface area contributed by atoms with Gasteiger partial charge in [-0.1, -0.05) is 23.8 Å². The SMILES string of the molecule is Cc1cc(C)c(NC(=O)[C@H](C)OC(=O)c2cccc(NC(=O)OC(C)(C)C)c2)c(C)c1. The van der Waals surface area contributed by atoms with Gasteiger partial charge in [0.15, 0.2) is 6.10 Å². The number of amides is 2.